The van der Waals surface area contributed by atoms with Gasteiger partial charge in [-0.2, -0.15) is 0 Å². The fraction of sp³-hybridized carbons (Fsp3) is 0.238. The average Bonchev–Trinajstić information content (AvgIpc) is 3.24. The van der Waals surface area contributed by atoms with Crippen molar-refractivity contribution in [1.82, 2.24) is 19.9 Å². The summed E-state index contributed by atoms with van der Waals surface area (Å²) in [5, 5.41) is 4.80. The molecule has 29 heavy (non-hydrogen) atoms. The number of aromatic nitrogens is 4. The van der Waals surface area contributed by atoms with Crippen molar-refractivity contribution < 1.29 is 9.15 Å². The van der Waals surface area contributed by atoms with Crippen LogP contribution in [0.5, 0.6) is 0 Å². The van der Waals surface area contributed by atoms with Crippen molar-refractivity contribution in [3.63, 3.8) is 0 Å². The molecule has 4 aromatic rings. The number of hydrogen-bond acceptors (Lipinski definition) is 7. The predicted octanol–water partition coefficient (Wildman–Crippen LogP) is 3.44. The van der Waals surface area contributed by atoms with E-state index in [0.29, 0.717) is 41.3 Å². The summed E-state index contributed by atoms with van der Waals surface area (Å²) in [5.41, 5.74) is 2.99. The quantitative estimate of drug-likeness (QED) is 0.551. The number of benzene rings is 1. The van der Waals surface area contributed by atoms with Crippen molar-refractivity contribution in [3.8, 4) is 0 Å². The number of nitrogens with zero attached hydrogens (tertiary/aromatic N) is 3. The van der Waals surface area contributed by atoms with Gasteiger partial charge >= 0.3 is 5.63 Å². The van der Waals surface area contributed by atoms with Gasteiger partial charge in [0, 0.05) is 5.56 Å². The van der Waals surface area contributed by atoms with Crippen molar-refractivity contribution in [3.05, 3.63) is 64.7 Å². The Kier molecular flexibility index (Phi) is 4.33. The number of hydrogen-bond donors (Lipinski definition) is 2. The normalized spacial score (nSPS) is 15.4. The second-order valence-electron chi connectivity index (χ2n) is 6.92. The Morgan fingerprint density at radius 1 is 1.17 bits per heavy atom. The van der Waals surface area contributed by atoms with Gasteiger partial charge in [0.2, 0.25) is 0 Å². The van der Waals surface area contributed by atoms with Crippen LogP contribution in [0.2, 0.25) is 0 Å². The lowest BCUT2D eigenvalue weighted by atomic mass is 9.93. The molecule has 0 saturated carbocycles. The van der Waals surface area contributed by atoms with E-state index >= 15 is 0 Å². The standard InChI is InChI=1S/C21H19N5O3/c1-12(26-20-17-19(23-10-22-17)24-11-25-20)18-16(13-6-8-28-9-7-13)14-4-2-3-5-15(14)21(27)29-18/h2-6,10-12H,7-9H2,1H3,(H2,22,23,24,25,26). The summed E-state index contributed by atoms with van der Waals surface area (Å²) in [6, 6.07) is 7.23. The molecule has 1 aromatic carbocycles. The topological polar surface area (TPSA) is 106 Å². The van der Waals surface area contributed by atoms with E-state index in [1.807, 2.05) is 25.1 Å². The van der Waals surface area contributed by atoms with Gasteiger partial charge < -0.3 is 19.5 Å². The van der Waals surface area contributed by atoms with E-state index in [9.17, 15) is 4.79 Å². The zero-order chi connectivity index (χ0) is 19.8. The minimum absolute atomic E-state index is 0.313. The van der Waals surface area contributed by atoms with Gasteiger partial charge in [-0.3, -0.25) is 0 Å². The third kappa shape index (κ3) is 3.07. The lowest BCUT2D eigenvalue weighted by molar-refractivity contribution is 0.161. The first kappa shape index (κ1) is 17.6. The van der Waals surface area contributed by atoms with E-state index in [4.69, 9.17) is 9.15 Å². The van der Waals surface area contributed by atoms with Crippen LogP contribution in [0.4, 0.5) is 5.82 Å². The van der Waals surface area contributed by atoms with Gasteiger partial charge in [-0.1, -0.05) is 24.3 Å². The highest BCUT2D eigenvalue weighted by Gasteiger charge is 2.23. The van der Waals surface area contributed by atoms with Gasteiger partial charge in [-0.05, 0) is 30.4 Å². The third-order valence-corrected chi connectivity index (χ3v) is 5.12. The maximum Gasteiger partial charge on any atom is 0.343 e. The minimum Gasteiger partial charge on any atom is -0.425 e. The van der Waals surface area contributed by atoms with Crippen LogP contribution >= 0.6 is 0 Å². The first-order chi connectivity index (χ1) is 14.2. The van der Waals surface area contributed by atoms with E-state index in [1.165, 1.54) is 6.33 Å². The Hall–Kier alpha value is -3.52. The van der Waals surface area contributed by atoms with Crippen molar-refractivity contribution >= 4 is 33.3 Å². The van der Waals surface area contributed by atoms with Gasteiger partial charge in [-0.15, -0.1) is 0 Å². The molecule has 4 heterocycles. The van der Waals surface area contributed by atoms with E-state index in [0.717, 1.165) is 22.9 Å². The number of H-pyrrole nitrogens is 1. The predicted molar refractivity (Wildman–Crippen MR) is 110 cm³/mol. The smallest absolute Gasteiger partial charge is 0.343 e. The third-order valence-electron chi connectivity index (χ3n) is 5.12. The molecule has 0 aliphatic carbocycles. The van der Waals surface area contributed by atoms with E-state index in [-0.39, 0.29) is 11.7 Å². The molecule has 0 spiro atoms. The van der Waals surface area contributed by atoms with Gasteiger partial charge in [0.25, 0.3) is 0 Å². The molecule has 146 valence electrons. The molecule has 0 radical (unpaired) electrons. The van der Waals surface area contributed by atoms with E-state index in [2.05, 4.69) is 31.3 Å². The summed E-state index contributed by atoms with van der Waals surface area (Å²) in [4.78, 5) is 28.4. The molecular weight excluding hydrogens is 370 g/mol. The van der Waals surface area contributed by atoms with Crippen LogP contribution in [-0.2, 0) is 4.74 Å². The zero-order valence-corrected chi connectivity index (χ0v) is 15.8. The zero-order valence-electron chi connectivity index (χ0n) is 15.8. The summed E-state index contributed by atoms with van der Waals surface area (Å²) in [7, 11) is 0. The first-order valence-electron chi connectivity index (χ1n) is 9.46. The van der Waals surface area contributed by atoms with Crippen molar-refractivity contribution in [2.24, 2.45) is 0 Å². The van der Waals surface area contributed by atoms with Gasteiger partial charge in [0.1, 0.15) is 17.6 Å². The number of imidazole rings is 1. The molecule has 1 aliphatic rings. The number of ether oxygens (including phenoxy) is 1. The maximum atomic E-state index is 12.7. The molecule has 1 atom stereocenters. The molecule has 3 aromatic heterocycles. The fourth-order valence-corrected chi connectivity index (χ4v) is 3.75. The van der Waals surface area contributed by atoms with E-state index < -0.39 is 0 Å². The van der Waals surface area contributed by atoms with Gasteiger partial charge in [-0.25, -0.2) is 19.7 Å². The van der Waals surface area contributed by atoms with Gasteiger partial charge in [0.05, 0.1) is 31.0 Å². The molecule has 8 heteroatoms. The highest BCUT2D eigenvalue weighted by molar-refractivity contribution is 5.94. The molecule has 8 nitrogen and oxygen atoms in total. The Bertz CT molecular complexity index is 1290. The second-order valence-corrected chi connectivity index (χ2v) is 6.92. The second kappa shape index (κ2) is 7.14. The van der Waals surface area contributed by atoms with Gasteiger partial charge in [0.15, 0.2) is 11.5 Å². The number of nitrogens with one attached hydrogen (secondary N) is 2. The molecular formula is C21H19N5O3. The molecule has 1 aliphatic heterocycles. The van der Waals surface area contributed by atoms with Crippen molar-refractivity contribution in [1.29, 1.82) is 0 Å². The molecule has 1 unspecified atom stereocenters. The van der Waals surface area contributed by atoms with Crippen LogP contribution in [0.3, 0.4) is 0 Å². The lowest BCUT2D eigenvalue weighted by Crippen LogP contribution is -2.16. The SMILES string of the molecule is CC(Nc1ncnc2nc[nH]c12)c1oc(=O)c2ccccc2c1C1=CCOCC1. The van der Waals surface area contributed by atoms with Crippen LogP contribution < -0.4 is 10.9 Å². The molecule has 0 saturated heterocycles. The number of aromatic amines is 1. The van der Waals surface area contributed by atoms with Crippen LogP contribution in [-0.4, -0.2) is 33.1 Å². The minimum atomic E-state index is -0.352. The monoisotopic (exact) mass is 389 g/mol. The Morgan fingerprint density at radius 2 is 2.03 bits per heavy atom. The largest absolute Gasteiger partial charge is 0.425 e. The molecule has 5 rings (SSSR count). The summed E-state index contributed by atoms with van der Waals surface area (Å²) in [6.45, 7) is 3.13. The summed E-state index contributed by atoms with van der Waals surface area (Å²) in [5.74, 6) is 1.18. The average molecular weight is 389 g/mol. The summed E-state index contributed by atoms with van der Waals surface area (Å²) < 4.78 is 11.3. The highest BCUT2D eigenvalue weighted by Crippen LogP contribution is 2.34. The lowest BCUT2D eigenvalue weighted by Gasteiger charge is -2.22. The summed E-state index contributed by atoms with van der Waals surface area (Å²) in [6.07, 6.45) is 5.84. The Balaban J connectivity index is 1.66. The Morgan fingerprint density at radius 3 is 2.86 bits per heavy atom. The number of anilines is 1. The van der Waals surface area contributed by atoms with Crippen LogP contribution in [0.15, 0.2) is 52.2 Å². The molecule has 2 N–H and O–H groups in total. The Labute approximate surface area is 165 Å². The summed E-state index contributed by atoms with van der Waals surface area (Å²) >= 11 is 0. The maximum absolute atomic E-state index is 12.7. The molecule has 0 amide bonds. The first-order valence-corrected chi connectivity index (χ1v) is 9.46. The number of fused-ring (bicyclic) bond motifs is 2. The highest BCUT2D eigenvalue weighted by atomic mass is 16.5. The molecule has 0 fully saturated rings. The van der Waals surface area contributed by atoms with E-state index in [1.54, 1.807) is 12.4 Å². The van der Waals surface area contributed by atoms with Crippen LogP contribution in [0.1, 0.15) is 30.7 Å². The van der Waals surface area contributed by atoms with Crippen molar-refractivity contribution in [2.75, 3.05) is 18.5 Å². The van der Waals surface area contributed by atoms with Crippen molar-refractivity contribution in [2.45, 2.75) is 19.4 Å². The fourth-order valence-electron chi connectivity index (χ4n) is 3.75. The van der Waals surface area contributed by atoms with Crippen LogP contribution in [0.25, 0.3) is 27.5 Å². The van der Waals surface area contributed by atoms with Crippen LogP contribution in [0, 0.1) is 0 Å². The molecule has 0 bridgehead atoms. The number of rotatable bonds is 4.